The normalized spacial score (nSPS) is 10.9. The highest BCUT2D eigenvalue weighted by molar-refractivity contribution is 5.85. The predicted octanol–water partition coefficient (Wildman–Crippen LogP) is 3.01. The van der Waals surface area contributed by atoms with Crippen LogP contribution in [0, 0.1) is 0 Å². The molecule has 0 saturated heterocycles. The maximum Gasteiger partial charge on any atom is 0.0474 e. The standard InChI is InChI=1S/C16H21NO/c1-18-13-5-11-17-12-10-15-8-4-7-14-6-2-3-9-16(14)15/h2-4,6-9,17H,5,10-13H2,1H3. The number of benzene rings is 2. The minimum absolute atomic E-state index is 0.835. The van der Waals surface area contributed by atoms with Crippen LogP contribution in [0.1, 0.15) is 12.0 Å². The molecule has 0 heterocycles. The second-order valence-corrected chi connectivity index (χ2v) is 4.48. The summed E-state index contributed by atoms with van der Waals surface area (Å²) in [4.78, 5) is 0. The summed E-state index contributed by atoms with van der Waals surface area (Å²) >= 11 is 0. The molecule has 0 unspecified atom stereocenters. The molecule has 0 amide bonds. The van der Waals surface area contributed by atoms with Gasteiger partial charge in [0.2, 0.25) is 0 Å². The Morgan fingerprint density at radius 2 is 1.83 bits per heavy atom. The third-order valence-corrected chi connectivity index (χ3v) is 3.15. The van der Waals surface area contributed by atoms with Crippen molar-refractivity contribution in [3.63, 3.8) is 0 Å². The van der Waals surface area contributed by atoms with E-state index in [0.29, 0.717) is 0 Å². The van der Waals surface area contributed by atoms with E-state index in [1.165, 1.54) is 16.3 Å². The van der Waals surface area contributed by atoms with E-state index in [1.54, 1.807) is 7.11 Å². The zero-order valence-corrected chi connectivity index (χ0v) is 11.0. The van der Waals surface area contributed by atoms with Crippen molar-refractivity contribution >= 4 is 10.8 Å². The molecule has 0 aliphatic carbocycles. The monoisotopic (exact) mass is 243 g/mol. The van der Waals surface area contributed by atoms with Crippen molar-refractivity contribution < 1.29 is 4.74 Å². The summed E-state index contributed by atoms with van der Waals surface area (Å²) in [7, 11) is 1.75. The maximum atomic E-state index is 5.02. The van der Waals surface area contributed by atoms with Crippen LogP contribution >= 0.6 is 0 Å². The third-order valence-electron chi connectivity index (χ3n) is 3.15. The first kappa shape index (κ1) is 13.1. The van der Waals surface area contributed by atoms with Crippen molar-refractivity contribution in [2.45, 2.75) is 12.8 Å². The van der Waals surface area contributed by atoms with E-state index in [9.17, 15) is 0 Å². The Morgan fingerprint density at radius 1 is 1.00 bits per heavy atom. The Balaban J connectivity index is 1.88. The molecular weight excluding hydrogens is 222 g/mol. The number of rotatable bonds is 7. The summed E-state index contributed by atoms with van der Waals surface area (Å²) in [6.07, 6.45) is 2.15. The van der Waals surface area contributed by atoms with Crippen LogP contribution in [0.25, 0.3) is 10.8 Å². The van der Waals surface area contributed by atoms with E-state index in [-0.39, 0.29) is 0 Å². The minimum atomic E-state index is 0.835. The van der Waals surface area contributed by atoms with Gasteiger partial charge in [-0.25, -0.2) is 0 Å². The van der Waals surface area contributed by atoms with Gasteiger partial charge >= 0.3 is 0 Å². The average molecular weight is 243 g/mol. The van der Waals surface area contributed by atoms with Crippen LogP contribution in [-0.4, -0.2) is 26.8 Å². The molecule has 2 aromatic carbocycles. The Labute approximate surface area is 109 Å². The fourth-order valence-corrected chi connectivity index (χ4v) is 2.20. The van der Waals surface area contributed by atoms with Gasteiger partial charge in [-0.05, 0) is 42.3 Å². The Morgan fingerprint density at radius 3 is 2.72 bits per heavy atom. The zero-order chi connectivity index (χ0) is 12.6. The van der Waals surface area contributed by atoms with Crippen molar-refractivity contribution in [1.29, 1.82) is 0 Å². The molecule has 96 valence electrons. The van der Waals surface area contributed by atoms with Crippen LogP contribution in [-0.2, 0) is 11.2 Å². The molecule has 0 saturated carbocycles. The van der Waals surface area contributed by atoms with Crippen molar-refractivity contribution in [3.05, 3.63) is 48.0 Å². The first-order valence-corrected chi connectivity index (χ1v) is 6.58. The Kier molecular flexibility index (Phi) is 5.18. The van der Waals surface area contributed by atoms with E-state index >= 15 is 0 Å². The van der Waals surface area contributed by atoms with Crippen LogP contribution < -0.4 is 5.32 Å². The number of hydrogen-bond donors (Lipinski definition) is 1. The molecule has 0 bridgehead atoms. The predicted molar refractivity (Wildman–Crippen MR) is 77.0 cm³/mol. The molecule has 2 rings (SSSR count). The second-order valence-electron chi connectivity index (χ2n) is 4.48. The lowest BCUT2D eigenvalue weighted by atomic mass is 10.0. The summed E-state index contributed by atoms with van der Waals surface area (Å²) in [5.41, 5.74) is 1.42. The second kappa shape index (κ2) is 7.14. The average Bonchev–Trinajstić information content (AvgIpc) is 2.43. The molecule has 18 heavy (non-hydrogen) atoms. The Hall–Kier alpha value is -1.38. The van der Waals surface area contributed by atoms with E-state index in [1.807, 2.05) is 0 Å². The van der Waals surface area contributed by atoms with Gasteiger partial charge in [-0.2, -0.15) is 0 Å². The highest BCUT2D eigenvalue weighted by Crippen LogP contribution is 2.18. The van der Waals surface area contributed by atoms with Gasteiger partial charge in [-0.3, -0.25) is 0 Å². The number of nitrogens with one attached hydrogen (secondary N) is 1. The van der Waals surface area contributed by atoms with Crippen molar-refractivity contribution in [1.82, 2.24) is 5.32 Å². The summed E-state index contributed by atoms with van der Waals surface area (Å²) < 4.78 is 5.02. The first-order valence-electron chi connectivity index (χ1n) is 6.58. The van der Waals surface area contributed by atoms with E-state index in [4.69, 9.17) is 4.74 Å². The van der Waals surface area contributed by atoms with Gasteiger partial charge in [0.1, 0.15) is 0 Å². The SMILES string of the molecule is COCCCNCCc1cccc2ccccc12. The molecule has 2 aromatic rings. The number of hydrogen-bond acceptors (Lipinski definition) is 2. The van der Waals surface area contributed by atoms with Gasteiger partial charge in [-0.1, -0.05) is 42.5 Å². The van der Waals surface area contributed by atoms with Gasteiger partial charge in [0.25, 0.3) is 0 Å². The van der Waals surface area contributed by atoms with Crippen molar-refractivity contribution in [2.24, 2.45) is 0 Å². The van der Waals surface area contributed by atoms with Gasteiger partial charge < -0.3 is 10.1 Å². The summed E-state index contributed by atoms with van der Waals surface area (Å²) in [6.45, 7) is 2.89. The van der Waals surface area contributed by atoms with E-state index in [2.05, 4.69) is 47.8 Å². The van der Waals surface area contributed by atoms with Gasteiger partial charge in [-0.15, -0.1) is 0 Å². The smallest absolute Gasteiger partial charge is 0.0474 e. The molecule has 2 nitrogen and oxygen atoms in total. The zero-order valence-electron chi connectivity index (χ0n) is 11.0. The van der Waals surface area contributed by atoms with E-state index in [0.717, 1.165) is 32.5 Å². The van der Waals surface area contributed by atoms with Crippen LogP contribution in [0.4, 0.5) is 0 Å². The van der Waals surface area contributed by atoms with Crippen LogP contribution in [0.2, 0.25) is 0 Å². The highest BCUT2D eigenvalue weighted by Gasteiger charge is 1.99. The summed E-state index contributed by atoms with van der Waals surface area (Å²) in [5, 5.41) is 6.16. The fourth-order valence-electron chi connectivity index (χ4n) is 2.20. The molecule has 0 aromatic heterocycles. The van der Waals surface area contributed by atoms with Gasteiger partial charge in [0.05, 0.1) is 0 Å². The van der Waals surface area contributed by atoms with Gasteiger partial charge in [0.15, 0.2) is 0 Å². The quantitative estimate of drug-likeness (QED) is 0.755. The van der Waals surface area contributed by atoms with Crippen LogP contribution in [0.3, 0.4) is 0 Å². The lowest BCUT2D eigenvalue weighted by Gasteiger charge is -2.07. The molecule has 0 aliphatic heterocycles. The lowest BCUT2D eigenvalue weighted by Crippen LogP contribution is -2.19. The molecule has 0 atom stereocenters. The Bertz CT molecular complexity index is 476. The van der Waals surface area contributed by atoms with Crippen LogP contribution in [0.5, 0.6) is 0 Å². The maximum absolute atomic E-state index is 5.02. The molecule has 1 N–H and O–H groups in total. The number of fused-ring (bicyclic) bond motifs is 1. The third kappa shape index (κ3) is 3.56. The molecule has 0 aliphatic rings. The molecule has 0 spiro atoms. The van der Waals surface area contributed by atoms with Crippen molar-refractivity contribution in [3.8, 4) is 0 Å². The van der Waals surface area contributed by atoms with Crippen molar-refractivity contribution in [2.75, 3.05) is 26.8 Å². The summed E-state index contributed by atoms with van der Waals surface area (Å²) in [5.74, 6) is 0. The molecule has 2 heteroatoms. The molecular formula is C16H21NO. The first-order chi connectivity index (χ1) is 8.92. The number of ether oxygens (including phenoxy) is 1. The minimum Gasteiger partial charge on any atom is -0.385 e. The topological polar surface area (TPSA) is 21.3 Å². The highest BCUT2D eigenvalue weighted by atomic mass is 16.5. The van der Waals surface area contributed by atoms with Crippen LogP contribution in [0.15, 0.2) is 42.5 Å². The lowest BCUT2D eigenvalue weighted by molar-refractivity contribution is 0.194. The number of methoxy groups -OCH3 is 1. The summed E-state index contributed by atoms with van der Waals surface area (Å²) in [6, 6.07) is 15.1. The van der Waals surface area contributed by atoms with Gasteiger partial charge in [0, 0.05) is 13.7 Å². The molecule has 0 fully saturated rings. The van der Waals surface area contributed by atoms with E-state index < -0.39 is 0 Å². The molecule has 0 radical (unpaired) electrons. The fraction of sp³-hybridized carbons (Fsp3) is 0.375. The largest absolute Gasteiger partial charge is 0.385 e.